The number of aryl methyl sites for hydroxylation is 1. The van der Waals surface area contributed by atoms with Crippen molar-refractivity contribution in [3.05, 3.63) is 47.5 Å². The van der Waals surface area contributed by atoms with Crippen LogP contribution in [-0.2, 0) is 16.1 Å². The average molecular weight is 515 g/mol. The van der Waals surface area contributed by atoms with Crippen molar-refractivity contribution in [2.24, 2.45) is 5.41 Å². The molecule has 0 bridgehead atoms. The summed E-state index contributed by atoms with van der Waals surface area (Å²) >= 11 is 6.16. The Bertz CT molecular complexity index is 1030. The lowest BCUT2D eigenvalue weighted by atomic mass is 9.77. The van der Waals surface area contributed by atoms with Crippen LogP contribution in [0, 0.1) is 5.41 Å². The highest BCUT2D eigenvalue weighted by atomic mass is 35.5. The molecule has 0 saturated carbocycles. The maximum absolute atomic E-state index is 13.3. The number of benzene rings is 1. The second kappa shape index (κ2) is 12.1. The summed E-state index contributed by atoms with van der Waals surface area (Å²) in [6, 6.07) is 7.36. The van der Waals surface area contributed by atoms with Crippen molar-refractivity contribution in [3.63, 3.8) is 0 Å². The molecule has 0 radical (unpaired) electrons. The molecule has 0 N–H and O–H groups in total. The molecule has 0 unspecified atom stereocenters. The fourth-order valence-corrected chi connectivity index (χ4v) is 5.67. The third kappa shape index (κ3) is 6.81. The van der Waals surface area contributed by atoms with E-state index in [0.29, 0.717) is 49.2 Å². The molecule has 2 aliphatic rings. The maximum Gasteiger partial charge on any atom is 0.224 e. The summed E-state index contributed by atoms with van der Waals surface area (Å²) in [5.41, 5.74) is -0.414. The Labute approximate surface area is 219 Å². The number of amides is 2. The van der Waals surface area contributed by atoms with Crippen LogP contribution in [0.15, 0.2) is 36.7 Å². The Hall–Kier alpha value is -2.54. The van der Waals surface area contributed by atoms with Gasteiger partial charge in [-0.1, -0.05) is 31.5 Å². The first kappa shape index (κ1) is 26.5. The first-order chi connectivity index (χ1) is 17.3. The van der Waals surface area contributed by atoms with Crippen LogP contribution in [-0.4, -0.2) is 64.0 Å². The SMILES string of the molecule is CC(C)c1nccn1CCC(=O)N1CCC[C@](COc2cccc(Cl)c2)(CC(=O)N2CCCCC2)C1. The van der Waals surface area contributed by atoms with E-state index in [1.54, 1.807) is 12.3 Å². The molecule has 1 aromatic carbocycles. The number of likely N-dealkylation sites (tertiary alicyclic amines) is 2. The molecule has 8 heteroatoms. The molecule has 2 amide bonds. The number of carbonyl (C=O) groups excluding carboxylic acids is 2. The molecule has 0 spiro atoms. The molecular weight excluding hydrogens is 476 g/mol. The molecule has 36 heavy (non-hydrogen) atoms. The highest BCUT2D eigenvalue weighted by molar-refractivity contribution is 6.30. The molecule has 7 nitrogen and oxygen atoms in total. The molecular formula is C28H39ClN4O3. The Morgan fingerprint density at radius 2 is 1.86 bits per heavy atom. The molecule has 3 heterocycles. The van der Waals surface area contributed by atoms with Crippen molar-refractivity contribution < 1.29 is 14.3 Å². The van der Waals surface area contributed by atoms with Crippen molar-refractivity contribution in [2.45, 2.75) is 71.3 Å². The number of hydrogen-bond acceptors (Lipinski definition) is 4. The van der Waals surface area contributed by atoms with Gasteiger partial charge in [0, 0.05) is 74.3 Å². The summed E-state index contributed by atoms with van der Waals surface area (Å²) < 4.78 is 8.27. The van der Waals surface area contributed by atoms with Gasteiger partial charge < -0.3 is 19.1 Å². The molecule has 2 saturated heterocycles. The van der Waals surface area contributed by atoms with Crippen LogP contribution in [0.25, 0.3) is 0 Å². The van der Waals surface area contributed by atoms with E-state index in [9.17, 15) is 9.59 Å². The van der Waals surface area contributed by atoms with Crippen LogP contribution in [0.3, 0.4) is 0 Å². The number of rotatable bonds is 9. The molecule has 4 rings (SSSR count). The largest absolute Gasteiger partial charge is 0.493 e. The smallest absolute Gasteiger partial charge is 0.224 e. The minimum Gasteiger partial charge on any atom is -0.493 e. The summed E-state index contributed by atoms with van der Waals surface area (Å²) in [7, 11) is 0. The second-order valence-electron chi connectivity index (χ2n) is 10.7. The first-order valence-corrected chi connectivity index (χ1v) is 13.7. The summed E-state index contributed by atoms with van der Waals surface area (Å²) in [5, 5.41) is 0.617. The normalized spacial score (nSPS) is 20.6. The number of hydrogen-bond donors (Lipinski definition) is 0. The quantitative estimate of drug-likeness (QED) is 0.464. The van der Waals surface area contributed by atoms with Gasteiger partial charge in [0.05, 0.1) is 6.61 Å². The number of aromatic nitrogens is 2. The first-order valence-electron chi connectivity index (χ1n) is 13.3. The number of ether oxygens (including phenoxy) is 1. The van der Waals surface area contributed by atoms with E-state index < -0.39 is 5.41 Å². The van der Waals surface area contributed by atoms with Gasteiger partial charge >= 0.3 is 0 Å². The second-order valence-corrected chi connectivity index (χ2v) is 11.1. The fourth-order valence-electron chi connectivity index (χ4n) is 5.49. The standard InChI is InChI=1S/C28H39ClN4O3/c1-22(2)27-30-12-17-32(27)16-10-25(34)33-15-7-11-28(20-33,19-26(35)31-13-4-3-5-14-31)21-36-24-9-6-8-23(29)18-24/h6,8-9,12,17-18,22H,3-5,7,10-11,13-16,19-21H2,1-2H3/t28-/m0/s1. The van der Waals surface area contributed by atoms with E-state index in [1.165, 1.54) is 6.42 Å². The van der Waals surface area contributed by atoms with E-state index in [2.05, 4.69) is 23.4 Å². The van der Waals surface area contributed by atoms with Gasteiger partial charge in [0.1, 0.15) is 11.6 Å². The fraction of sp³-hybridized carbons (Fsp3) is 0.607. The van der Waals surface area contributed by atoms with Gasteiger partial charge in [-0.25, -0.2) is 4.98 Å². The molecule has 0 aliphatic carbocycles. The van der Waals surface area contributed by atoms with Crippen LogP contribution >= 0.6 is 11.6 Å². The van der Waals surface area contributed by atoms with E-state index in [-0.39, 0.29) is 11.8 Å². The number of nitrogens with zero attached hydrogens (tertiary/aromatic N) is 4. The van der Waals surface area contributed by atoms with Gasteiger partial charge in [0.25, 0.3) is 0 Å². The molecule has 2 aromatic rings. The van der Waals surface area contributed by atoms with Gasteiger partial charge in [0.15, 0.2) is 0 Å². The van der Waals surface area contributed by atoms with Crippen LogP contribution < -0.4 is 4.74 Å². The Morgan fingerprint density at radius 1 is 1.08 bits per heavy atom. The number of imidazole rings is 1. The molecule has 2 fully saturated rings. The summed E-state index contributed by atoms with van der Waals surface area (Å²) in [6.07, 6.45) is 9.59. The van der Waals surface area contributed by atoms with Crippen molar-refractivity contribution in [3.8, 4) is 5.75 Å². The summed E-state index contributed by atoms with van der Waals surface area (Å²) in [6.45, 7) is 8.13. The number of carbonyl (C=O) groups is 2. The lowest BCUT2D eigenvalue weighted by Gasteiger charge is -2.43. The van der Waals surface area contributed by atoms with Gasteiger partial charge in [-0.2, -0.15) is 0 Å². The van der Waals surface area contributed by atoms with Crippen molar-refractivity contribution in [1.29, 1.82) is 0 Å². The predicted octanol–water partition coefficient (Wildman–Crippen LogP) is 5.14. The Balaban J connectivity index is 1.45. The Kier molecular flexibility index (Phi) is 8.94. The third-order valence-corrected chi connectivity index (χ3v) is 7.66. The van der Waals surface area contributed by atoms with E-state index in [0.717, 1.165) is 51.1 Å². The number of piperidine rings is 2. The minimum absolute atomic E-state index is 0.121. The van der Waals surface area contributed by atoms with E-state index in [1.807, 2.05) is 34.2 Å². The maximum atomic E-state index is 13.3. The summed E-state index contributed by atoms with van der Waals surface area (Å²) in [5.74, 6) is 2.30. The van der Waals surface area contributed by atoms with Gasteiger partial charge in [-0.3, -0.25) is 9.59 Å². The molecule has 1 atom stereocenters. The van der Waals surface area contributed by atoms with Gasteiger partial charge in [-0.15, -0.1) is 0 Å². The van der Waals surface area contributed by atoms with Gasteiger partial charge in [-0.05, 0) is 50.3 Å². The van der Waals surface area contributed by atoms with Crippen LogP contribution in [0.2, 0.25) is 5.02 Å². The van der Waals surface area contributed by atoms with Crippen molar-refractivity contribution >= 4 is 23.4 Å². The van der Waals surface area contributed by atoms with Crippen molar-refractivity contribution in [2.75, 3.05) is 32.8 Å². The molecule has 2 aliphatic heterocycles. The van der Waals surface area contributed by atoms with Crippen LogP contribution in [0.4, 0.5) is 0 Å². The zero-order valence-corrected chi connectivity index (χ0v) is 22.4. The lowest BCUT2D eigenvalue weighted by molar-refractivity contribution is -0.142. The monoisotopic (exact) mass is 514 g/mol. The minimum atomic E-state index is -0.414. The predicted molar refractivity (Wildman–Crippen MR) is 141 cm³/mol. The highest BCUT2D eigenvalue weighted by Crippen LogP contribution is 2.36. The van der Waals surface area contributed by atoms with Crippen molar-refractivity contribution in [1.82, 2.24) is 19.4 Å². The van der Waals surface area contributed by atoms with Gasteiger partial charge in [0.2, 0.25) is 11.8 Å². The van der Waals surface area contributed by atoms with E-state index >= 15 is 0 Å². The zero-order chi connectivity index (χ0) is 25.5. The summed E-state index contributed by atoms with van der Waals surface area (Å²) in [4.78, 5) is 35.0. The third-order valence-electron chi connectivity index (χ3n) is 7.42. The lowest BCUT2D eigenvalue weighted by Crippen LogP contribution is -2.51. The molecule has 196 valence electrons. The average Bonchev–Trinajstić information content (AvgIpc) is 3.36. The molecule has 1 aromatic heterocycles. The van der Waals surface area contributed by atoms with Crippen LogP contribution in [0.1, 0.15) is 70.5 Å². The Morgan fingerprint density at radius 3 is 2.61 bits per heavy atom. The van der Waals surface area contributed by atoms with Crippen LogP contribution in [0.5, 0.6) is 5.75 Å². The number of halogens is 1. The van der Waals surface area contributed by atoms with E-state index in [4.69, 9.17) is 16.3 Å². The topological polar surface area (TPSA) is 67.7 Å². The highest BCUT2D eigenvalue weighted by Gasteiger charge is 2.41. The zero-order valence-electron chi connectivity index (χ0n) is 21.6.